The van der Waals surface area contributed by atoms with E-state index in [1.807, 2.05) is 24.3 Å². The zero-order chi connectivity index (χ0) is 20.9. The molecule has 0 unspecified atom stereocenters. The van der Waals surface area contributed by atoms with Crippen LogP contribution in [0, 0.1) is 0 Å². The van der Waals surface area contributed by atoms with Crippen molar-refractivity contribution < 1.29 is 18.9 Å². The van der Waals surface area contributed by atoms with E-state index in [2.05, 4.69) is 39.8 Å². The quantitative estimate of drug-likeness (QED) is 0.330. The highest BCUT2D eigenvalue weighted by atomic mass is 32.2. The molecule has 2 aromatic carbocycles. The third-order valence-electron chi connectivity index (χ3n) is 3.92. The molecule has 0 heterocycles. The van der Waals surface area contributed by atoms with Crippen molar-refractivity contribution in [3.05, 3.63) is 36.4 Å². The van der Waals surface area contributed by atoms with E-state index in [1.165, 1.54) is 0 Å². The van der Waals surface area contributed by atoms with Crippen molar-refractivity contribution in [2.75, 3.05) is 26.4 Å². The van der Waals surface area contributed by atoms with Crippen LogP contribution in [0.1, 0.15) is 53.4 Å². The Labute approximate surface area is 179 Å². The lowest BCUT2D eigenvalue weighted by atomic mass is 10.3. The van der Waals surface area contributed by atoms with Gasteiger partial charge in [-0.3, -0.25) is 0 Å². The first-order chi connectivity index (χ1) is 14.2. The Balaban J connectivity index is 2.34. The highest BCUT2D eigenvalue weighted by Gasteiger charge is 2.13. The zero-order valence-electron chi connectivity index (χ0n) is 18.2. The smallest absolute Gasteiger partial charge is 0.133 e. The van der Waals surface area contributed by atoms with Crippen molar-refractivity contribution >= 4 is 11.8 Å². The van der Waals surface area contributed by atoms with Gasteiger partial charge in [0.25, 0.3) is 0 Å². The molecule has 0 saturated carbocycles. The average molecular weight is 419 g/mol. The van der Waals surface area contributed by atoms with Gasteiger partial charge in [0.2, 0.25) is 0 Å². The van der Waals surface area contributed by atoms with Crippen LogP contribution in [0.5, 0.6) is 23.0 Å². The third-order valence-corrected chi connectivity index (χ3v) is 5.00. The minimum absolute atomic E-state index is 0.682. The SMILES string of the molecule is CCCOc1ccc(OCCC)c(Sc2cc(OCCC)ccc2OCCC)c1. The molecule has 29 heavy (non-hydrogen) atoms. The van der Waals surface area contributed by atoms with E-state index in [4.69, 9.17) is 18.9 Å². The molecule has 0 bridgehead atoms. The van der Waals surface area contributed by atoms with Gasteiger partial charge in [-0.15, -0.1) is 0 Å². The summed E-state index contributed by atoms with van der Waals surface area (Å²) in [6, 6.07) is 12.0. The highest BCUT2D eigenvalue weighted by Crippen LogP contribution is 2.43. The molecule has 0 aliphatic rings. The summed E-state index contributed by atoms with van der Waals surface area (Å²) >= 11 is 1.63. The Morgan fingerprint density at radius 3 is 1.31 bits per heavy atom. The van der Waals surface area contributed by atoms with E-state index in [0.29, 0.717) is 26.4 Å². The highest BCUT2D eigenvalue weighted by molar-refractivity contribution is 7.99. The third kappa shape index (κ3) is 7.73. The number of benzene rings is 2. The summed E-state index contributed by atoms with van der Waals surface area (Å²) in [5.74, 6) is 3.43. The second-order valence-corrected chi connectivity index (χ2v) is 7.80. The fourth-order valence-electron chi connectivity index (χ4n) is 2.54. The van der Waals surface area contributed by atoms with Gasteiger partial charge in [-0.25, -0.2) is 0 Å². The second-order valence-electron chi connectivity index (χ2n) is 6.71. The average Bonchev–Trinajstić information content (AvgIpc) is 2.75. The van der Waals surface area contributed by atoms with Crippen molar-refractivity contribution in [3.63, 3.8) is 0 Å². The maximum absolute atomic E-state index is 5.99. The normalized spacial score (nSPS) is 10.6. The summed E-state index contributed by atoms with van der Waals surface area (Å²) in [7, 11) is 0. The molecule has 2 rings (SSSR count). The van der Waals surface area contributed by atoms with E-state index in [9.17, 15) is 0 Å². The zero-order valence-corrected chi connectivity index (χ0v) is 19.0. The standard InChI is InChI=1S/C24H34O4S/c1-5-13-25-19-9-11-21(27-15-7-3)23(17-19)29-24-18-20(26-14-6-2)10-12-22(24)28-16-8-4/h9-12,17-18H,5-8,13-16H2,1-4H3. The van der Waals surface area contributed by atoms with Gasteiger partial charge in [0, 0.05) is 0 Å². The Morgan fingerprint density at radius 2 is 0.931 bits per heavy atom. The summed E-state index contributed by atoms with van der Waals surface area (Å²) in [5.41, 5.74) is 0. The topological polar surface area (TPSA) is 36.9 Å². The van der Waals surface area contributed by atoms with Crippen LogP contribution < -0.4 is 18.9 Å². The Morgan fingerprint density at radius 1 is 0.552 bits per heavy atom. The molecule has 0 fully saturated rings. The summed E-state index contributed by atoms with van der Waals surface area (Å²) in [6.45, 7) is 11.2. The van der Waals surface area contributed by atoms with Crippen molar-refractivity contribution in [1.82, 2.24) is 0 Å². The number of hydrogen-bond donors (Lipinski definition) is 0. The molecule has 0 aliphatic heterocycles. The van der Waals surface area contributed by atoms with Crippen LogP contribution in [0.2, 0.25) is 0 Å². The molecule has 4 nitrogen and oxygen atoms in total. The van der Waals surface area contributed by atoms with Crippen LogP contribution in [-0.2, 0) is 0 Å². The molecule has 0 radical (unpaired) electrons. The van der Waals surface area contributed by atoms with Crippen molar-refractivity contribution in [1.29, 1.82) is 0 Å². The van der Waals surface area contributed by atoms with Crippen molar-refractivity contribution in [2.24, 2.45) is 0 Å². The Hall–Kier alpha value is -2.01. The lowest BCUT2D eigenvalue weighted by Gasteiger charge is -2.16. The summed E-state index contributed by atoms with van der Waals surface area (Å²) in [4.78, 5) is 2.03. The van der Waals surface area contributed by atoms with Gasteiger partial charge >= 0.3 is 0 Å². The molecule has 0 N–H and O–H groups in total. The van der Waals surface area contributed by atoms with Crippen LogP contribution in [-0.4, -0.2) is 26.4 Å². The first-order valence-electron chi connectivity index (χ1n) is 10.7. The predicted molar refractivity (Wildman–Crippen MR) is 120 cm³/mol. The van der Waals surface area contributed by atoms with Crippen LogP contribution in [0.25, 0.3) is 0 Å². The number of rotatable bonds is 14. The van der Waals surface area contributed by atoms with E-state index in [-0.39, 0.29) is 0 Å². The predicted octanol–water partition coefficient (Wildman–Crippen LogP) is 6.99. The molecule has 0 aromatic heterocycles. The van der Waals surface area contributed by atoms with E-state index >= 15 is 0 Å². The van der Waals surface area contributed by atoms with Crippen LogP contribution in [0.4, 0.5) is 0 Å². The minimum atomic E-state index is 0.682. The lowest BCUT2D eigenvalue weighted by molar-refractivity contribution is 0.300. The fourth-order valence-corrected chi connectivity index (χ4v) is 3.58. The minimum Gasteiger partial charge on any atom is -0.494 e. The maximum atomic E-state index is 5.99. The Bertz CT molecular complexity index is 671. The monoisotopic (exact) mass is 418 g/mol. The number of ether oxygens (including phenoxy) is 4. The van der Waals surface area contributed by atoms with Gasteiger partial charge in [-0.05, 0) is 62.1 Å². The van der Waals surface area contributed by atoms with Gasteiger partial charge in [-0.2, -0.15) is 0 Å². The molecular weight excluding hydrogens is 384 g/mol. The molecule has 5 heteroatoms. The van der Waals surface area contributed by atoms with Gasteiger partial charge in [-0.1, -0.05) is 39.5 Å². The maximum Gasteiger partial charge on any atom is 0.133 e. The molecule has 160 valence electrons. The van der Waals surface area contributed by atoms with Crippen molar-refractivity contribution in [3.8, 4) is 23.0 Å². The van der Waals surface area contributed by atoms with Crippen LogP contribution in [0.15, 0.2) is 46.2 Å². The van der Waals surface area contributed by atoms with Gasteiger partial charge in [0.15, 0.2) is 0 Å². The lowest BCUT2D eigenvalue weighted by Crippen LogP contribution is -2.00. The van der Waals surface area contributed by atoms with E-state index in [1.54, 1.807) is 11.8 Å². The first-order valence-corrected chi connectivity index (χ1v) is 11.5. The first kappa shape index (κ1) is 23.3. The molecule has 0 amide bonds. The molecular formula is C24H34O4S. The van der Waals surface area contributed by atoms with Crippen LogP contribution in [0.3, 0.4) is 0 Å². The summed E-state index contributed by atoms with van der Waals surface area (Å²) < 4.78 is 23.7. The summed E-state index contributed by atoms with van der Waals surface area (Å²) in [6.07, 6.45) is 3.87. The Kier molecular flexibility index (Phi) is 10.6. The van der Waals surface area contributed by atoms with Gasteiger partial charge in [0.1, 0.15) is 23.0 Å². The molecule has 2 aromatic rings. The number of hydrogen-bond acceptors (Lipinski definition) is 5. The van der Waals surface area contributed by atoms with Gasteiger partial charge in [0.05, 0.1) is 36.2 Å². The van der Waals surface area contributed by atoms with Crippen molar-refractivity contribution in [2.45, 2.75) is 63.2 Å². The largest absolute Gasteiger partial charge is 0.494 e. The van der Waals surface area contributed by atoms with Gasteiger partial charge < -0.3 is 18.9 Å². The molecule has 0 atom stereocenters. The fraction of sp³-hybridized carbons (Fsp3) is 0.500. The summed E-state index contributed by atoms with van der Waals surface area (Å²) in [5, 5.41) is 0. The molecule has 0 saturated heterocycles. The molecule has 0 aliphatic carbocycles. The van der Waals surface area contributed by atoms with Crippen LogP contribution >= 0.6 is 11.8 Å². The van der Waals surface area contributed by atoms with E-state index in [0.717, 1.165) is 58.5 Å². The van der Waals surface area contributed by atoms with E-state index < -0.39 is 0 Å². The molecule has 0 spiro atoms. The second kappa shape index (κ2) is 13.3.